The van der Waals surface area contributed by atoms with Crippen LogP contribution >= 0.6 is 0 Å². The SMILES string of the molecule is Cc1cc2nc3c(=O)[nH]c(=O)nc-3n3c2cc1CC=CCc1ccc(cc1)CCC3. The summed E-state index contributed by atoms with van der Waals surface area (Å²) in [5.41, 5.74) is 5.62. The summed E-state index contributed by atoms with van der Waals surface area (Å²) < 4.78 is 1.98. The number of allylic oxidation sites excluding steroid dienone is 2. The third-order valence-corrected chi connectivity index (χ3v) is 5.79. The van der Waals surface area contributed by atoms with E-state index in [1.807, 2.05) is 10.6 Å². The predicted octanol–water partition coefficient (Wildman–Crippen LogP) is 3.18. The number of benzene rings is 2. The highest BCUT2D eigenvalue weighted by molar-refractivity contribution is 5.81. The fourth-order valence-electron chi connectivity index (χ4n) is 4.15. The lowest BCUT2D eigenvalue weighted by Crippen LogP contribution is -2.29. The Bertz CT molecular complexity index is 1360. The van der Waals surface area contributed by atoms with Gasteiger partial charge in [0.2, 0.25) is 0 Å². The Hall–Kier alpha value is -3.54. The van der Waals surface area contributed by atoms with Gasteiger partial charge in [-0.05, 0) is 67.0 Å². The average Bonchev–Trinajstić information content (AvgIpc) is 2.73. The molecule has 6 nitrogen and oxygen atoms in total. The molecule has 0 atom stereocenters. The summed E-state index contributed by atoms with van der Waals surface area (Å²) in [6.07, 6.45) is 7.89. The van der Waals surface area contributed by atoms with Crippen LogP contribution in [0.3, 0.4) is 0 Å². The van der Waals surface area contributed by atoms with Crippen LogP contribution < -0.4 is 11.2 Å². The fourth-order valence-corrected chi connectivity index (χ4v) is 4.15. The summed E-state index contributed by atoms with van der Waals surface area (Å²) in [4.78, 5) is 35.3. The first-order valence-corrected chi connectivity index (χ1v) is 10.3. The van der Waals surface area contributed by atoms with Gasteiger partial charge >= 0.3 is 5.69 Å². The molecule has 30 heavy (non-hydrogen) atoms. The minimum Gasteiger partial charge on any atom is -0.322 e. The lowest BCUT2D eigenvalue weighted by atomic mass is 10.0. The van der Waals surface area contributed by atoms with Gasteiger partial charge in [0.05, 0.1) is 11.0 Å². The number of aryl methyl sites for hydroxylation is 3. The molecule has 2 aromatic rings. The summed E-state index contributed by atoms with van der Waals surface area (Å²) in [5.74, 6) is 0.348. The normalized spacial score (nSPS) is 14.3. The standard InChI is InChI=1S/C24H22N4O2/c1-15-13-19-20-14-18(15)7-3-2-5-16-8-10-17(11-9-16)6-4-12-28(20)22-21(25-19)23(29)27-24(30)26-22/h2-3,8-11,13-14H,4-7,12H2,1H3,(H,27,29,30). The van der Waals surface area contributed by atoms with E-state index in [4.69, 9.17) is 0 Å². The van der Waals surface area contributed by atoms with Crippen LogP contribution in [0.1, 0.15) is 28.7 Å². The minimum absolute atomic E-state index is 0.205. The first-order chi connectivity index (χ1) is 14.6. The van der Waals surface area contributed by atoms with Gasteiger partial charge in [0.25, 0.3) is 5.56 Å². The van der Waals surface area contributed by atoms with E-state index >= 15 is 0 Å². The smallest absolute Gasteiger partial charge is 0.322 e. The first kappa shape index (κ1) is 18.5. The van der Waals surface area contributed by atoms with Crippen LogP contribution in [0.4, 0.5) is 0 Å². The van der Waals surface area contributed by atoms with Crippen molar-refractivity contribution < 1.29 is 0 Å². The molecule has 4 heterocycles. The molecule has 0 unspecified atom stereocenters. The molecule has 0 aromatic heterocycles. The third kappa shape index (κ3) is 3.34. The molecule has 0 saturated carbocycles. The number of H-pyrrole nitrogens is 1. The van der Waals surface area contributed by atoms with Gasteiger partial charge in [-0.3, -0.25) is 9.78 Å². The maximum absolute atomic E-state index is 12.4. The van der Waals surface area contributed by atoms with Crippen molar-refractivity contribution in [2.75, 3.05) is 0 Å². The third-order valence-electron chi connectivity index (χ3n) is 5.79. The van der Waals surface area contributed by atoms with Crippen molar-refractivity contribution in [2.24, 2.45) is 0 Å². The minimum atomic E-state index is -0.640. The quantitative estimate of drug-likeness (QED) is 0.364. The van der Waals surface area contributed by atoms with Crippen molar-refractivity contribution in [1.29, 1.82) is 0 Å². The second-order valence-corrected chi connectivity index (χ2v) is 7.87. The second-order valence-electron chi connectivity index (χ2n) is 7.87. The molecule has 0 fully saturated rings. The number of nitrogens with zero attached hydrogens (tertiary/aromatic N) is 3. The Balaban J connectivity index is 1.74. The maximum atomic E-state index is 12.4. The summed E-state index contributed by atoms with van der Waals surface area (Å²) in [6, 6.07) is 12.9. The van der Waals surface area contributed by atoms with Crippen LogP contribution in [-0.4, -0.2) is 19.5 Å². The van der Waals surface area contributed by atoms with Crippen molar-refractivity contribution in [3.8, 4) is 11.5 Å². The first-order valence-electron chi connectivity index (χ1n) is 10.3. The van der Waals surface area contributed by atoms with Crippen LogP contribution in [0.5, 0.6) is 0 Å². The molecule has 1 N–H and O–H groups in total. The number of hydrogen-bond acceptors (Lipinski definition) is 4. The van der Waals surface area contributed by atoms with E-state index < -0.39 is 11.2 Å². The molecule has 4 aliphatic rings. The van der Waals surface area contributed by atoms with Crippen LogP contribution in [0, 0.1) is 6.92 Å². The van der Waals surface area contributed by atoms with Crippen LogP contribution in [0.15, 0.2) is 58.1 Å². The van der Waals surface area contributed by atoms with Gasteiger partial charge in [0.15, 0.2) is 11.5 Å². The number of hydrogen-bond donors (Lipinski definition) is 1. The lowest BCUT2D eigenvalue weighted by molar-refractivity contribution is 0.648. The van der Waals surface area contributed by atoms with Crippen LogP contribution in [0.25, 0.3) is 22.6 Å². The van der Waals surface area contributed by atoms with Gasteiger partial charge in [-0.2, -0.15) is 4.98 Å². The van der Waals surface area contributed by atoms with Crippen molar-refractivity contribution in [3.05, 3.63) is 91.6 Å². The highest BCUT2D eigenvalue weighted by Gasteiger charge is 2.19. The number of nitrogens with one attached hydrogen (secondary N) is 1. The summed E-state index contributed by atoms with van der Waals surface area (Å²) in [7, 11) is 0. The number of aromatic amines is 1. The second kappa shape index (κ2) is 7.37. The molecule has 0 saturated heterocycles. The molecule has 6 heteroatoms. The monoisotopic (exact) mass is 398 g/mol. The molecule has 6 rings (SSSR count). The van der Waals surface area contributed by atoms with Gasteiger partial charge in [0.1, 0.15) is 0 Å². The molecular formula is C24H22N4O2. The molecule has 0 aliphatic carbocycles. The molecule has 4 aliphatic heterocycles. The van der Waals surface area contributed by atoms with Crippen molar-refractivity contribution in [2.45, 2.75) is 39.2 Å². The molecule has 4 bridgehead atoms. The Labute approximate surface area is 173 Å². The highest BCUT2D eigenvalue weighted by atomic mass is 16.2. The number of fused-ring (bicyclic) bond motifs is 7. The van der Waals surface area contributed by atoms with Gasteiger partial charge in [-0.1, -0.05) is 36.4 Å². The Morgan fingerprint density at radius 3 is 2.57 bits per heavy atom. The Morgan fingerprint density at radius 2 is 1.73 bits per heavy atom. The zero-order valence-electron chi connectivity index (χ0n) is 16.8. The van der Waals surface area contributed by atoms with E-state index in [1.165, 1.54) is 16.7 Å². The number of rotatable bonds is 0. The van der Waals surface area contributed by atoms with Gasteiger partial charge < -0.3 is 4.57 Å². The molecule has 0 radical (unpaired) electrons. The highest BCUT2D eigenvalue weighted by Crippen LogP contribution is 2.25. The van der Waals surface area contributed by atoms with Crippen molar-refractivity contribution in [3.63, 3.8) is 0 Å². The topological polar surface area (TPSA) is 80.6 Å². The van der Waals surface area contributed by atoms with E-state index in [0.29, 0.717) is 12.4 Å². The Morgan fingerprint density at radius 1 is 0.967 bits per heavy atom. The van der Waals surface area contributed by atoms with Crippen molar-refractivity contribution in [1.82, 2.24) is 19.5 Å². The molecule has 0 amide bonds. The van der Waals surface area contributed by atoms with Gasteiger partial charge in [-0.25, -0.2) is 9.78 Å². The van der Waals surface area contributed by atoms with Crippen LogP contribution in [0.2, 0.25) is 0 Å². The van der Waals surface area contributed by atoms with E-state index in [1.54, 1.807) is 0 Å². The van der Waals surface area contributed by atoms with E-state index in [0.717, 1.165) is 42.3 Å². The number of aromatic nitrogens is 4. The van der Waals surface area contributed by atoms with Gasteiger partial charge in [0, 0.05) is 6.54 Å². The lowest BCUT2D eigenvalue weighted by Gasteiger charge is -2.18. The summed E-state index contributed by atoms with van der Waals surface area (Å²) in [6.45, 7) is 2.71. The molecule has 150 valence electrons. The van der Waals surface area contributed by atoms with Crippen LogP contribution in [-0.2, 0) is 25.8 Å². The maximum Gasteiger partial charge on any atom is 0.349 e. The molecular weight excluding hydrogens is 376 g/mol. The summed E-state index contributed by atoms with van der Waals surface area (Å²) in [5, 5.41) is 0. The zero-order valence-corrected chi connectivity index (χ0v) is 16.8. The van der Waals surface area contributed by atoms with E-state index in [-0.39, 0.29) is 5.69 Å². The zero-order chi connectivity index (χ0) is 20.7. The Kier molecular flexibility index (Phi) is 4.54. The average molecular weight is 398 g/mol. The molecule has 0 spiro atoms. The molecule has 2 aromatic carbocycles. The van der Waals surface area contributed by atoms with E-state index in [9.17, 15) is 9.59 Å². The van der Waals surface area contributed by atoms with Crippen molar-refractivity contribution >= 4 is 11.0 Å². The van der Waals surface area contributed by atoms with E-state index in [2.05, 4.69) is 64.4 Å². The predicted molar refractivity (Wildman–Crippen MR) is 117 cm³/mol. The summed E-state index contributed by atoms with van der Waals surface area (Å²) >= 11 is 0. The largest absolute Gasteiger partial charge is 0.349 e. The van der Waals surface area contributed by atoms with Gasteiger partial charge in [-0.15, -0.1) is 0 Å². The fraction of sp³-hybridized carbons (Fsp3) is 0.250.